The normalized spacial score (nSPS) is 24.4. The minimum absolute atomic E-state index is 0.0314. The lowest BCUT2D eigenvalue weighted by Crippen LogP contribution is -2.55. The Hall–Kier alpha value is -2.70. The molecule has 0 aromatic heterocycles. The Morgan fingerprint density at radius 2 is 1.90 bits per heavy atom. The van der Waals surface area contributed by atoms with Crippen LogP contribution in [0.25, 0.3) is 0 Å². The van der Waals surface area contributed by atoms with Gasteiger partial charge in [-0.05, 0) is 49.7 Å². The van der Waals surface area contributed by atoms with Crippen molar-refractivity contribution in [1.82, 2.24) is 10.3 Å². The molecule has 0 saturated carbocycles. The van der Waals surface area contributed by atoms with Crippen LogP contribution in [0.3, 0.4) is 0 Å². The van der Waals surface area contributed by atoms with Crippen LogP contribution >= 0.6 is 0 Å². The molecule has 2 aliphatic heterocycles. The second-order valence-electron chi connectivity index (χ2n) is 8.04. The summed E-state index contributed by atoms with van der Waals surface area (Å²) in [5, 5.41) is 4.73. The van der Waals surface area contributed by atoms with Gasteiger partial charge in [0.1, 0.15) is 0 Å². The monoisotopic (exact) mass is 392 g/mol. The predicted molar refractivity (Wildman–Crippen MR) is 114 cm³/mol. The van der Waals surface area contributed by atoms with E-state index < -0.39 is 0 Å². The molecule has 2 aromatic rings. The largest absolute Gasteiger partial charge is 0.326 e. The van der Waals surface area contributed by atoms with Gasteiger partial charge in [0.05, 0.1) is 23.6 Å². The van der Waals surface area contributed by atoms with E-state index in [0.29, 0.717) is 13.1 Å². The Balaban J connectivity index is 1.59. The highest BCUT2D eigenvalue weighted by Gasteiger charge is 2.50. The lowest BCUT2D eigenvalue weighted by Gasteiger charge is -2.37. The Labute approximate surface area is 171 Å². The Morgan fingerprint density at radius 3 is 2.62 bits per heavy atom. The minimum Gasteiger partial charge on any atom is -0.326 e. The highest BCUT2D eigenvalue weighted by atomic mass is 16.2. The summed E-state index contributed by atoms with van der Waals surface area (Å²) in [5.41, 5.74) is 7.13. The number of aryl methyl sites for hydroxylation is 2. The van der Waals surface area contributed by atoms with Crippen molar-refractivity contribution >= 4 is 23.2 Å². The second-order valence-corrected chi connectivity index (χ2v) is 8.04. The second kappa shape index (κ2) is 7.97. The third-order valence-corrected chi connectivity index (χ3v) is 6.04. The maximum atomic E-state index is 13.3. The van der Waals surface area contributed by atoms with E-state index in [4.69, 9.17) is 0 Å². The molecule has 2 amide bonds. The van der Waals surface area contributed by atoms with Crippen LogP contribution in [0.15, 0.2) is 48.5 Å². The van der Waals surface area contributed by atoms with Gasteiger partial charge in [-0.1, -0.05) is 37.3 Å². The summed E-state index contributed by atoms with van der Waals surface area (Å²) < 4.78 is 0. The fourth-order valence-corrected chi connectivity index (χ4v) is 4.31. The van der Waals surface area contributed by atoms with E-state index in [9.17, 15) is 9.59 Å². The van der Waals surface area contributed by atoms with E-state index in [-0.39, 0.29) is 29.7 Å². The number of carbonyl (C=O) groups excluding carboxylic acids is 2. The maximum Gasteiger partial charge on any atom is 0.247 e. The first-order valence-corrected chi connectivity index (χ1v) is 10.2. The van der Waals surface area contributed by atoms with E-state index in [1.54, 1.807) is 5.01 Å². The molecule has 2 aliphatic rings. The molecule has 0 radical (unpaired) electrons. The molecular formula is C23H28N4O2. The first kappa shape index (κ1) is 19.6. The maximum absolute atomic E-state index is 13.3. The van der Waals surface area contributed by atoms with Crippen molar-refractivity contribution in [3.63, 3.8) is 0 Å². The average Bonchev–Trinajstić information content (AvgIpc) is 3.07. The van der Waals surface area contributed by atoms with Gasteiger partial charge in [0.25, 0.3) is 0 Å². The average molecular weight is 393 g/mol. The fraction of sp³-hybridized carbons (Fsp3) is 0.391. The SMILES string of the molecule is CCN1CC(C(=O)Nc2cc(C)ccc2C)C2NN(c3ccccc3)C(=O)C2C1. The zero-order valence-electron chi connectivity index (χ0n) is 17.2. The number of carbonyl (C=O) groups is 2. The first-order chi connectivity index (χ1) is 14.0. The lowest BCUT2D eigenvalue weighted by molar-refractivity contribution is -0.126. The topological polar surface area (TPSA) is 64.7 Å². The van der Waals surface area contributed by atoms with Gasteiger partial charge in [0.15, 0.2) is 0 Å². The highest BCUT2D eigenvalue weighted by Crippen LogP contribution is 2.32. The van der Waals surface area contributed by atoms with Crippen molar-refractivity contribution in [2.45, 2.75) is 26.8 Å². The van der Waals surface area contributed by atoms with E-state index in [1.165, 1.54) is 0 Å². The number of amides is 2. The van der Waals surface area contributed by atoms with Gasteiger partial charge in [-0.2, -0.15) is 0 Å². The number of piperidine rings is 1. The van der Waals surface area contributed by atoms with Gasteiger partial charge in [-0.25, -0.2) is 10.4 Å². The number of fused-ring (bicyclic) bond motifs is 1. The van der Waals surface area contributed by atoms with Gasteiger partial charge in [-0.15, -0.1) is 0 Å². The van der Waals surface area contributed by atoms with Crippen molar-refractivity contribution < 1.29 is 9.59 Å². The van der Waals surface area contributed by atoms with Crippen molar-refractivity contribution in [1.29, 1.82) is 0 Å². The molecule has 2 N–H and O–H groups in total. The molecule has 3 atom stereocenters. The molecule has 2 fully saturated rings. The van der Waals surface area contributed by atoms with Gasteiger partial charge >= 0.3 is 0 Å². The number of anilines is 2. The molecule has 29 heavy (non-hydrogen) atoms. The van der Waals surface area contributed by atoms with Gasteiger partial charge in [0.2, 0.25) is 11.8 Å². The molecule has 6 heteroatoms. The molecule has 4 rings (SSSR count). The Kier molecular flexibility index (Phi) is 5.39. The highest BCUT2D eigenvalue weighted by molar-refractivity contribution is 6.00. The van der Waals surface area contributed by atoms with Crippen LogP contribution in [0, 0.1) is 25.7 Å². The van der Waals surface area contributed by atoms with Crippen LogP contribution in [-0.4, -0.2) is 42.4 Å². The van der Waals surface area contributed by atoms with E-state index in [0.717, 1.165) is 29.0 Å². The first-order valence-electron chi connectivity index (χ1n) is 10.2. The van der Waals surface area contributed by atoms with Crippen molar-refractivity contribution in [2.75, 3.05) is 30.0 Å². The minimum atomic E-state index is -0.314. The Morgan fingerprint density at radius 1 is 1.14 bits per heavy atom. The molecule has 152 valence electrons. The van der Waals surface area contributed by atoms with Gasteiger partial charge < -0.3 is 10.2 Å². The Bertz CT molecular complexity index is 914. The molecule has 2 heterocycles. The van der Waals surface area contributed by atoms with Crippen molar-refractivity contribution in [2.24, 2.45) is 11.8 Å². The van der Waals surface area contributed by atoms with Gasteiger partial charge in [-0.3, -0.25) is 9.59 Å². The molecule has 0 bridgehead atoms. The summed E-state index contributed by atoms with van der Waals surface area (Å²) in [6.45, 7) is 8.20. The summed E-state index contributed by atoms with van der Waals surface area (Å²) in [4.78, 5) is 28.6. The number of benzene rings is 2. The number of likely N-dealkylation sites (tertiary alicyclic amines) is 1. The number of hydrogen-bond donors (Lipinski definition) is 2. The lowest BCUT2D eigenvalue weighted by atomic mass is 9.84. The molecule has 0 spiro atoms. The molecule has 3 unspecified atom stereocenters. The fourth-order valence-electron chi connectivity index (χ4n) is 4.31. The van der Waals surface area contributed by atoms with Crippen LogP contribution in [-0.2, 0) is 9.59 Å². The third kappa shape index (κ3) is 3.78. The number of hydrazine groups is 1. The molecule has 2 aromatic carbocycles. The van der Waals surface area contributed by atoms with E-state index in [2.05, 4.69) is 22.6 Å². The number of rotatable bonds is 4. The predicted octanol–water partition coefficient (Wildman–Crippen LogP) is 2.73. The van der Waals surface area contributed by atoms with Gasteiger partial charge in [0, 0.05) is 18.8 Å². The van der Waals surface area contributed by atoms with Crippen LogP contribution in [0.4, 0.5) is 11.4 Å². The van der Waals surface area contributed by atoms with Crippen LogP contribution in [0.1, 0.15) is 18.1 Å². The van der Waals surface area contributed by atoms with E-state index in [1.807, 2.05) is 62.4 Å². The molecule has 2 saturated heterocycles. The summed E-state index contributed by atoms with van der Waals surface area (Å²) >= 11 is 0. The quantitative estimate of drug-likeness (QED) is 0.840. The summed E-state index contributed by atoms with van der Waals surface area (Å²) in [5.74, 6) is -0.560. The zero-order chi connectivity index (χ0) is 20.5. The standard InChI is InChI=1S/C23H28N4O2/c1-4-26-13-18(22(28)24-20-12-15(2)10-11-16(20)3)21-19(14-26)23(29)27(25-21)17-8-6-5-7-9-17/h5-12,18-19,21,25H,4,13-14H2,1-3H3,(H,24,28). The van der Waals surface area contributed by atoms with Crippen LogP contribution in [0.5, 0.6) is 0 Å². The van der Waals surface area contributed by atoms with Crippen molar-refractivity contribution in [3.05, 3.63) is 59.7 Å². The number of para-hydroxylation sites is 1. The number of nitrogens with one attached hydrogen (secondary N) is 2. The smallest absolute Gasteiger partial charge is 0.247 e. The summed E-state index contributed by atoms with van der Waals surface area (Å²) in [7, 11) is 0. The summed E-state index contributed by atoms with van der Waals surface area (Å²) in [6.07, 6.45) is 0. The van der Waals surface area contributed by atoms with Crippen molar-refractivity contribution in [3.8, 4) is 0 Å². The molecular weight excluding hydrogens is 364 g/mol. The molecule has 6 nitrogen and oxygen atoms in total. The zero-order valence-corrected chi connectivity index (χ0v) is 17.2. The number of hydrogen-bond acceptors (Lipinski definition) is 4. The molecule has 0 aliphatic carbocycles. The van der Waals surface area contributed by atoms with E-state index >= 15 is 0 Å². The van der Waals surface area contributed by atoms with Crippen LogP contribution < -0.4 is 15.8 Å². The number of nitrogens with zero attached hydrogens (tertiary/aromatic N) is 2. The third-order valence-electron chi connectivity index (χ3n) is 6.04. The van der Waals surface area contributed by atoms with Crippen LogP contribution in [0.2, 0.25) is 0 Å². The summed E-state index contributed by atoms with van der Waals surface area (Å²) in [6, 6.07) is 15.4.